The topological polar surface area (TPSA) is 103 Å². The molecule has 1 aromatic rings. The Kier molecular flexibility index (Phi) is 7.66. The lowest BCUT2D eigenvalue weighted by Crippen LogP contribution is -2.44. The van der Waals surface area contributed by atoms with Crippen molar-refractivity contribution in [3.05, 3.63) is 29.8 Å². The first kappa shape index (κ1) is 20.3. The van der Waals surface area contributed by atoms with Gasteiger partial charge in [-0.2, -0.15) is 0 Å². The Morgan fingerprint density at radius 1 is 1.15 bits per heavy atom. The number of imide groups is 1. The molecule has 1 fully saturated rings. The lowest BCUT2D eigenvalue weighted by atomic mass is 10.1. The van der Waals surface area contributed by atoms with Crippen molar-refractivity contribution in [1.82, 2.24) is 10.6 Å². The highest BCUT2D eigenvalue weighted by atomic mass is 16.5. The van der Waals surface area contributed by atoms with Gasteiger partial charge in [0.1, 0.15) is 11.5 Å². The van der Waals surface area contributed by atoms with Crippen LogP contribution in [0.15, 0.2) is 24.3 Å². The first-order valence-electron chi connectivity index (χ1n) is 8.69. The molecule has 0 bridgehead atoms. The highest BCUT2D eigenvalue weighted by Gasteiger charge is 2.18. The van der Waals surface area contributed by atoms with Gasteiger partial charge in [0.25, 0.3) is 5.91 Å². The van der Waals surface area contributed by atoms with Gasteiger partial charge in [-0.1, -0.05) is 12.8 Å². The van der Waals surface area contributed by atoms with Crippen molar-refractivity contribution in [1.29, 1.82) is 0 Å². The van der Waals surface area contributed by atoms with E-state index in [1.54, 1.807) is 18.2 Å². The zero-order chi connectivity index (χ0) is 19.6. The van der Waals surface area contributed by atoms with E-state index < -0.39 is 24.5 Å². The van der Waals surface area contributed by atoms with E-state index >= 15 is 0 Å². The number of benzene rings is 1. The molecule has 1 saturated carbocycles. The summed E-state index contributed by atoms with van der Waals surface area (Å²) >= 11 is 0. The summed E-state index contributed by atoms with van der Waals surface area (Å²) in [5, 5.41) is 4.86. The van der Waals surface area contributed by atoms with Crippen LogP contribution < -0.4 is 20.1 Å². The van der Waals surface area contributed by atoms with Crippen molar-refractivity contribution in [3.8, 4) is 11.5 Å². The molecule has 0 heterocycles. The van der Waals surface area contributed by atoms with Crippen LogP contribution in [-0.4, -0.2) is 44.8 Å². The molecule has 1 aliphatic carbocycles. The van der Waals surface area contributed by atoms with Crippen LogP contribution in [-0.2, 0) is 14.3 Å². The number of ether oxygens (including phenoxy) is 3. The van der Waals surface area contributed by atoms with Crippen molar-refractivity contribution in [2.75, 3.05) is 20.8 Å². The van der Waals surface area contributed by atoms with Gasteiger partial charge in [0.15, 0.2) is 6.61 Å². The van der Waals surface area contributed by atoms with Gasteiger partial charge in [-0.25, -0.2) is 9.59 Å². The smallest absolute Gasteiger partial charge is 0.331 e. The van der Waals surface area contributed by atoms with Crippen LogP contribution >= 0.6 is 0 Å². The second-order valence-corrected chi connectivity index (χ2v) is 6.05. The Hall–Kier alpha value is -3.03. The van der Waals surface area contributed by atoms with Crippen LogP contribution in [0.2, 0.25) is 0 Å². The maximum atomic E-state index is 11.8. The fourth-order valence-electron chi connectivity index (χ4n) is 2.77. The quantitative estimate of drug-likeness (QED) is 0.558. The number of nitrogens with one attached hydrogen (secondary N) is 2. The van der Waals surface area contributed by atoms with Crippen molar-refractivity contribution < 1.29 is 28.6 Å². The standard InChI is InChI=1S/C19H24N2O6/c1-25-15-8-9-16(26-2)13(11-15)7-10-18(23)27-12-17(22)21-19(24)20-14-5-3-4-6-14/h7-11,14H,3-6,12H2,1-2H3,(H2,20,21,22,24)/b10-7+. The molecule has 0 radical (unpaired) electrons. The Balaban J connectivity index is 1.78. The van der Waals surface area contributed by atoms with Gasteiger partial charge in [-0.15, -0.1) is 0 Å². The fraction of sp³-hybridized carbons (Fsp3) is 0.421. The lowest BCUT2D eigenvalue weighted by molar-refractivity contribution is -0.143. The van der Waals surface area contributed by atoms with Gasteiger partial charge >= 0.3 is 12.0 Å². The highest BCUT2D eigenvalue weighted by Crippen LogP contribution is 2.25. The van der Waals surface area contributed by atoms with E-state index in [0.717, 1.165) is 25.7 Å². The Bertz CT molecular complexity index is 710. The molecule has 0 aromatic heterocycles. The van der Waals surface area contributed by atoms with Crippen LogP contribution in [0.3, 0.4) is 0 Å². The van der Waals surface area contributed by atoms with Crippen molar-refractivity contribution in [3.63, 3.8) is 0 Å². The van der Waals surface area contributed by atoms with Gasteiger partial charge in [-0.3, -0.25) is 10.1 Å². The number of hydrogen-bond donors (Lipinski definition) is 2. The molecule has 8 heteroatoms. The summed E-state index contributed by atoms with van der Waals surface area (Å²) in [5.41, 5.74) is 0.620. The molecule has 3 amide bonds. The third-order valence-corrected chi connectivity index (χ3v) is 4.12. The predicted molar refractivity (Wildman–Crippen MR) is 98.5 cm³/mol. The van der Waals surface area contributed by atoms with Crippen molar-refractivity contribution in [2.45, 2.75) is 31.7 Å². The molecule has 0 unspecified atom stereocenters. The first-order valence-corrected chi connectivity index (χ1v) is 8.69. The number of carbonyl (C=O) groups is 3. The Morgan fingerprint density at radius 3 is 2.56 bits per heavy atom. The van der Waals surface area contributed by atoms with Crippen LogP contribution in [0.5, 0.6) is 11.5 Å². The van der Waals surface area contributed by atoms with Crippen molar-refractivity contribution in [2.24, 2.45) is 0 Å². The average molecular weight is 376 g/mol. The maximum absolute atomic E-state index is 11.8. The molecule has 8 nitrogen and oxygen atoms in total. The SMILES string of the molecule is COc1ccc(OC)c(/C=C/C(=O)OCC(=O)NC(=O)NC2CCCC2)c1. The van der Waals surface area contributed by atoms with Crippen LogP contribution in [0.25, 0.3) is 6.08 Å². The number of hydrogen-bond acceptors (Lipinski definition) is 6. The highest BCUT2D eigenvalue weighted by molar-refractivity contribution is 5.96. The van der Waals surface area contributed by atoms with Crippen LogP contribution in [0.4, 0.5) is 4.79 Å². The Morgan fingerprint density at radius 2 is 1.89 bits per heavy atom. The largest absolute Gasteiger partial charge is 0.497 e. The first-order chi connectivity index (χ1) is 13.0. The zero-order valence-electron chi connectivity index (χ0n) is 15.4. The molecule has 27 heavy (non-hydrogen) atoms. The number of rotatable bonds is 7. The molecule has 1 aromatic carbocycles. The second-order valence-electron chi connectivity index (χ2n) is 6.05. The molecule has 146 valence electrons. The van der Waals surface area contributed by atoms with E-state index in [9.17, 15) is 14.4 Å². The summed E-state index contributed by atoms with van der Waals surface area (Å²) in [4.78, 5) is 35.1. The summed E-state index contributed by atoms with van der Waals surface area (Å²) in [5.74, 6) is -0.241. The minimum absolute atomic E-state index is 0.0983. The second kappa shape index (κ2) is 10.2. The number of methoxy groups -OCH3 is 2. The number of esters is 1. The van der Waals surface area contributed by atoms with E-state index in [2.05, 4.69) is 10.6 Å². The zero-order valence-corrected chi connectivity index (χ0v) is 15.4. The van der Waals surface area contributed by atoms with Crippen LogP contribution in [0.1, 0.15) is 31.2 Å². The molecule has 0 spiro atoms. The molecule has 2 N–H and O–H groups in total. The van der Waals surface area contributed by atoms with Gasteiger partial charge in [0.05, 0.1) is 14.2 Å². The average Bonchev–Trinajstić information content (AvgIpc) is 3.17. The number of carbonyl (C=O) groups excluding carboxylic acids is 3. The summed E-state index contributed by atoms with van der Waals surface area (Å²) < 4.78 is 15.2. The molecule has 0 saturated heterocycles. The van der Waals surface area contributed by atoms with Gasteiger partial charge in [-0.05, 0) is 37.1 Å². The molecule has 0 aliphatic heterocycles. The fourth-order valence-corrected chi connectivity index (χ4v) is 2.77. The molecular formula is C19H24N2O6. The summed E-state index contributed by atoms with van der Waals surface area (Å²) in [7, 11) is 3.05. The molecule has 1 aliphatic rings. The maximum Gasteiger partial charge on any atom is 0.331 e. The number of amides is 3. The molecular weight excluding hydrogens is 352 g/mol. The van der Waals surface area contributed by atoms with E-state index in [-0.39, 0.29) is 6.04 Å². The lowest BCUT2D eigenvalue weighted by Gasteiger charge is -2.12. The molecule has 2 rings (SSSR count). The van der Waals surface area contributed by atoms with Gasteiger partial charge < -0.3 is 19.5 Å². The third kappa shape index (κ3) is 6.65. The normalized spacial score (nSPS) is 14.0. The van der Waals surface area contributed by atoms with Crippen molar-refractivity contribution >= 4 is 24.0 Å². The number of urea groups is 1. The van der Waals surface area contributed by atoms with E-state index in [4.69, 9.17) is 14.2 Å². The third-order valence-electron chi connectivity index (χ3n) is 4.12. The minimum Gasteiger partial charge on any atom is -0.497 e. The van der Waals surface area contributed by atoms with E-state index in [1.807, 2.05) is 0 Å². The monoisotopic (exact) mass is 376 g/mol. The summed E-state index contributed by atoms with van der Waals surface area (Å²) in [6.07, 6.45) is 6.63. The van der Waals surface area contributed by atoms with Gasteiger partial charge in [0, 0.05) is 17.7 Å². The summed E-state index contributed by atoms with van der Waals surface area (Å²) in [6, 6.07) is 4.67. The minimum atomic E-state index is -0.716. The summed E-state index contributed by atoms with van der Waals surface area (Å²) in [6.45, 7) is -0.545. The van der Waals surface area contributed by atoms with Crippen LogP contribution in [0, 0.1) is 0 Å². The van der Waals surface area contributed by atoms with E-state index in [1.165, 1.54) is 26.4 Å². The predicted octanol–water partition coefficient (Wildman–Crippen LogP) is 2.03. The van der Waals surface area contributed by atoms with Gasteiger partial charge in [0.2, 0.25) is 0 Å². The Labute approximate surface area is 157 Å². The van der Waals surface area contributed by atoms with E-state index in [0.29, 0.717) is 17.1 Å². The molecule has 0 atom stereocenters.